The zero-order valence-electron chi connectivity index (χ0n) is 25.0. The molecule has 0 saturated heterocycles. The Hall–Kier alpha value is -2.98. The third-order valence-corrected chi connectivity index (χ3v) is 7.41. The second-order valence-electron chi connectivity index (χ2n) is 9.84. The Kier molecular flexibility index (Phi) is 15.3. The van der Waals surface area contributed by atoms with Crippen LogP contribution in [0.25, 0.3) is 21.5 Å². The molecule has 0 spiro atoms. The van der Waals surface area contributed by atoms with Gasteiger partial charge in [-0.25, -0.2) is 16.8 Å². The molecule has 0 aliphatic carbocycles. The molecule has 6 nitrogen and oxygen atoms in total. The summed E-state index contributed by atoms with van der Waals surface area (Å²) in [5.41, 5.74) is 2.07. The summed E-state index contributed by atoms with van der Waals surface area (Å²) in [6.45, 7) is 8.26. The van der Waals surface area contributed by atoms with Gasteiger partial charge in [-0.2, -0.15) is 35.0 Å². The first-order chi connectivity index (χ1) is 20.7. The van der Waals surface area contributed by atoms with E-state index in [4.69, 9.17) is 0 Å². The van der Waals surface area contributed by atoms with Crippen molar-refractivity contribution in [1.29, 1.82) is 0 Å². The molecule has 0 saturated carbocycles. The fraction of sp³-hybridized carbons (Fsp3) is 0.118. The maximum atomic E-state index is 10.4. The largest absolute Gasteiger partial charge is 0.744 e. The summed E-state index contributed by atoms with van der Waals surface area (Å²) < 4.78 is 62.3. The molecule has 10 heteroatoms. The zero-order chi connectivity index (χ0) is 32.8. The molecule has 0 N–H and O–H groups in total. The molecule has 0 bridgehead atoms. The molecule has 0 fully saturated rings. The van der Waals surface area contributed by atoms with Crippen LogP contribution in [0.1, 0.15) is 11.1 Å². The van der Waals surface area contributed by atoms with E-state index in [0.29, 0.717) is 0 Å². The van der Waals surface area contributed by atoms with E-state index in [9.17, 15) is 25.9 Å². The predicted octanol–water partition coefficient (Wildman–Crippen LogP) is 7.70. The molecule has 44 heavy (non-hydrogen) atoms. The summed E-state index contributed by atoms with van der Waals surface area (Å²) in [7, 11) is -8.54. The van der Waals surface area contributed by atoms with Gasteiger partial charge < -0.3 is 9.11 Å². The summed E-state index contributed by atoms with van der Waals surface area (Å²) in [6.07, 6.45) is 0. The van der Waals surface area contributed by atoms with E-state index in [1.807, 2.05) is 13.8 Å². The van der Waals surface area contributed by atoms with Gasteiger partial charge in [0.2, 0.25) is 0 Å². The standard InChI is InChI=1S/2C9H7.2C7H8O3S.C2H6Si.Zr/c2*1-2-5-9-7-3-6-8(9)4-1;2*1-6-2-4-7(5-3-6)11(8,9)10;1-3-2;/h2*1-7H;2*2-5H,1H3,(H,8,9,10);1-2H3;/q2*-1;;;;+2/p-2. The second-order valence-corrected chi connectivity index (χ2v) is 22.0. The van der Waals surface area contributed by atoms with Crippen molar-refractivity contribution in [2.75, 3.05) is 0 Å². The molecule has 0 aromatic heterocycles. The molecule has 0 heterocycles. The average Bonchev–Trinajstić information content (AvgIpc) is 3.63. The van der Waals surface area contributed by atoms with Crippen LogP contribution in [0.3, 0.4) is 0 Å². The third kappa shape index (κ3) is 14.2. The summed E-state index contributed by atoms with van der Waals surface area (Å²) >= 11 is 1.74. The average molecular weight is 722 g/mol. The maximum Gasteiger partial charge on any atom is 0.124 e. The van der Waals surface area contributed by atoms with Crippen LogP contribution >= 0.6 is 0 Å². The monoisotopic (exact) mass is 720 g/mol. The van der Waals surface area contributed by atoms with E-state index in [0.717, 1.165) is 11.1 Å². The number of hydrogen-bond donors (Lipinski definition) is 0. The van der Waals surface area contributed by atoms with Crippen molar-refractivity contribution in [3.63, 3.8) is 0 Å². The van der Waals surface area contributed by atoms with E-state index in [1.54, 1.807) is 47.6 Å². The molecule has 0 atom stereocenters. The van der Waals surface area contributed by atoms with Crippen LogP contribution in [0, 0.1) is 13.8 Å². The number of hydrogen-bond acceptors (Lipinski definition) is 6. The van der Waals surface area contributed by atoms with Crippen LogP contribution in [0.2, 0.25) is 13.1 Å². The van der Waals surface area contributed by atoms with E-state index >= 15 is 0 Å². The fourth-order valence-electron chi connectivity index (χ4n) is 3.55. The molecule has 0 amide bonds. The maximum absolute atomic E-state index is 10.4. The quantitative estimate of drug-likeness (QED) is 0.103. The Morgan fingerprint density at radius 1 is 0.545 bits per heavy atom. The minimum Gasteiger partial charge on any atom is -0.744 e. The van der Waals surface area contributed by atoms with E-state index in [-0.39, 0.29) is 15.2 Å². The van der Waals surface area contributed by atoms with Gasteiger partial charge >= 0.3 is 41.9 Å². The van der Waals surface area contributed by atoms with Crippen molar-refractivity contribution in [1.82, 2.24) is 0 Å². The molecule has 6 aromatic rings. The fourth-order valence-corrected chi connectivity index (χ4v) is 4.49. The molecule has 0 radical (unpaired) electrons. The molecule has 0 aliphatic rings. The number of rotatable bonds is 2. The van der Waals surface area contributed by atoms with Crippen LogP contribution < -0.4 is 0 Å². The van der Waals surface area contributed by atoms with E-state index in [1.165, 1.54) is 45.8 Å². The summed E-state index contributed by atoms with van der Waals surface area (Å²) in [6, 6.07) is 40.9. The molecular formula is C34H34O6S2SiZr-2. The third-order valence-electron chi connectivity index (χ3n) is 5.71. The Morgan fingerprint density at radius 3 is 1.11 bits per heavy atom. The van der Waals surface area contributed by atoms with Gasteiger partial charge in [-0.1, -0.05) is 47.5 Å². The summed E-state index contributed by atoms with van der Waals surface area (Å²) in [5.74, 6) is 0. The molecule has 6 aromatic carbocycles. The van der Waals surface area contributed by atoms with Gasteiger partial charge in [0.05, 0.1) is 9.79 Å². The van der Waals surface area contributed by atoms with Gasteiger partial charge in [-0.05, 0) is 38.1 Å². The van der Waals surface area contributed by atoms with Gasteiger partial charge in [0.15, 0.2) is 0 Å². The molecular weight excluding hydrogens is 688 g/mol. The van der Waals surface area contributed by atoms with Crippen molar-refractivity contribution in [2.24, 2.45) is 0 Å². The minimum atomic E-state index is -4.27. The van der Waals surface area contributed by atoms with Crippen molar-refractivity contribution in [2.45, 2.75) is 36.7 Å². The van der Waals surface area contributed by atoms with Crippen LogP contribution in [0.4, 0.5) is 0 Å². The van der Waals surface area contributed by atoms with Crippen molar-refractivity contribution >= 4 is 47.2 Å². The first-order valence-corrected chi connectivity index (χ1v) is 22.4. The van der Waals surface area contributed by atoms with Gasteiger partial charge in [0, 0.05) is 0 Å². The number of benzene rings is 4. The van der Waals surface area contributed by atoms with E-state index < -0.39 is 20.2 Å². The van der Waals surface area contributed by atoms with Crippen molar-refractivity contribution in [3.05, 3.63) is 145 Å². The minimum absolute atomic E-state index is 0.178. The Bertz CT molecular complexity index is 1760. The van der Waals surface area contributed by atoms with Crippen LogP contribution in [0.15, 0.2) is 143 Å². The summed E-state index contributed by atoms with van der Waals surface area (Å²) in [4.78, 5) is -0.355. The Balaban J connectivity index is 0.000000197. The first kappa shape index (κ1) is 37.2. The van der Waals surface area contributed by atoms with Crippen LogP contribution in [0.5, 0.6) is 0 Å². The van der Waals surface area contributed by atoms with Crippen LogP contribution in [-0.2, 0) is 43.6 Å². The van der Waals surface area contributed by atoms with Crippen LogP contribution in [-0.4, -0.2) is 31.4 Å². The number of aryl methyl sites for hydroxylation is 2. The van der Waals surface area contributed by atoms with Gasteiger partial charge in [0.1, 0.15) is 20.2 Å². The van der Waals surface area contributed by atoms with E-state index in [2.05, 4.69) is 98.0 Å². The SMILES string of the molecule is C[Si](C)=[Zr+2].Cc1ccc(S(=O)(=O)[O-])cc1.Cc1ccc(S(=O)(=O)[O-])cc1.c1ccc2[cH-]ccc2c1.c1ccc2[cH-]ccc2c1. The topological polar surface area (TPSA) is 114 Å². The van der Waals surface area contributed by atoms with Gasteiger partial charge in [-0.15, -0.1) is 59.3 Å². The van der Waals surface area contributed by atoms with Crippen molar-refractivity contribution in [3.8, 4) is 0 Å². The van der Waals surface area contributed by atoms with Gasteiger partial charge in [-0.3, -0.25) is 0 Å². The first-order valence-electron chi connectivity index (χ1n) is 13.4. The molecule has 228 valence electrons. The molecule has 0 aliphatic heterocycles. The second kappa shape index (κ2) is 18.1. The molecule has 6 rings (SSSR count). The van der Waals surface area contributed by atoms with Crippen molar-refractivity contribution < 1.29 is 49.3 Å². The Morgan fingerprint density at radius 2 is 0.841 bits per heavy atom. The van der Waals surface area contributed by atoms with Gasteiger partial charge in [0.25, 0.3) is 0 Å². The number of fused-ring (bicyclic) bond motifs is 2. The molecule has 0 unspecified atom stereocenters. The normalized spacial score (nSPS) is 10.5. The predicted molar refractivity (Wildman–Crippen MR) is 175 cm³/mol. The zero-order valence-corrected chi connectivity index (χ0v) is 30.1. The summed E-state index contributed by atoms with van der Waals surface area (Å²) in [5, 5.41) is 5.32. The Labute approximate surface area is 276 Å². The smallest absolute Gasteiger partial charge is 0.124 e.